The highest BCUT2D eigenvalue weighted by Crippen LogP contribution is 2.42. The first-order valence-corrected chi connectivity index (χ1v) is 4.07. The van der Waals surface area contributed by atoms with Gasteiger partial charge in [0.2, 0.25) is 0 Å². The van der Waals surface area contributed by atoms with E-state index >= 15 is 0 Å². The quantitative estimate of drug-likeness (QED) is 0.698. The molecule has 2 N–H and O–H groups in total. The predicted molar refractivity (Wildman–Crippen MR) is 45.6 cm³/mol. The van der Waals surface area contributed by atoms with Crippen LogP contribution < -0.4 is 5.73 Å². The van der Waals surface area contributed by atoms with Crippen molar-refractivity contribution in [1.29, 1.82) is 0 Å². The Kier molecular flexibility index (Phi) is 1.50. The summed E-state index contributed by atoms with van der Waals surface area (Å²) in [5.41, 5.74) is 6.50. The monoisotopic (exact) mass is 168 g/mol. The second kappa shape index (κ2) is 2.38. The van der Waals surface area contributed by atoms with Crippen LogP contribution in [0.4, 0.5) is 5.82 Å². The highest BCUT2D eigenvalue weighted by molar-refractivity contribution is 6.31. The second-order valence-corrected chi connectivity index (χ2v) is 3.28. The van der Waals surface area contributed by atoms with Crippen molar-refractivity contribution in [1.82, 2.24) is 4.98 Å². The van der Waals surface area contributed by atoms with E-state index in [0.717, 1.165) is 10.7 Å². The number of nitrogens with two attached hydrogens (primary N) is 1. The molecule has 1 fully saturated rings. The van der Waals surface area contributed by atoms with Gasteiger partial charge in [0.1, 0.15) is 5.82 Å². The third-order valence-corrected chi connectivity index (χ3v) is 2.18. The Hall–Kier alpha value is -0.760. The summed E-state index contributed by atoms with van der Waals surface area (Å²) in [7, 11) is 0. The van der Waals surface area contributed by atoms with E-state index in [1.54, 1.807) is 6.07 Å². The van der Waals surface area contributed by atoms with Crippen LogP contribution in [0.15, 0.2) is 12.1 Å². The molecule has 0 aliphatic heterocycles. The maximum absolute atomic E-state index is 5.91. The lowest BCUT2D eigenvalue weighted by Gasteiger charge is -2.00. The van der Waals surface area contributed by atoms with Crippen LogP contribution in [0.25, 0.3) is 0 Å². The van der Waals surface area contributed by atoms with Gasteiger partial charge in [-0.05, 0) is 25.0 Å². The normalized spacial score (nSPS) is 16.8. The largest absolute Gasteiger partial charge is 0.384 e. The van der Waals surface area contributed by atoms with Crippen molar-refractivity contribution in [3.8, 4) is 0 Å². The summed E-state index contributed by atoms with van der Waals surface area (Å²) in [6.45, 7) is 0. The molecule has 0 saturated heterocycles. The van der Waals surface area contributed by atoms with Crippen molar-refractivity contribution in [3.63, 3.8) is 0 Å². The van der Waals surface area contributed by atoms with E-state index in [1.165, 1.54) is 12.8 Å². The predicted octanol–water partition coefficient (Wildman–Crippen LogP) is 2.19. The molecule has 1 aromatic rings. The molecule has 0 unspecified atom stereocenters. The number of hydrogen-bond acceptors (Lipinski definition) is 2. The molecule has 11 heavy (non-hydrogen) atoms. The summed E-state index contributed by atoms with van der Waals surface area (Å²) in [5.74, 6) is 1.14. The zero-order valence-corrected chi connectivity index (χ0v) is 6.80. The lowest BCUT2D eigenvalue weighted by molar-refractivity contribution is 1.03. The summed E-state index contributed by atoms with van der Waals surface area (Å²) in [5, 5.41) is 0.752. The fourth-order valence-corrected chi connectivity index (χ4v) is 1.38. The maximum atomic E-state index is 5.91. The summed E-state index contributed by atoms with van der Waals surface area (Å²) < 4.78 is 0. The number of hydrogen-bond donors (Lipinski definition) is 1. The average molecular weight is 169 g/mol. The van der Waals surface area contributed by atoms with Gasteiger partial charge in [0, 0.05) is 5.92 Å². The molecule has 3 heteroatoms. The Bertz CT molecular complexity index is 281. The van der Waals surface area contributed by atoms with E-state index in [1.807, 2.05) is 6.07 Å². The highest BCUT2D eigenvalue weighted by atomic mass is 35.5. The first-order valence-electron chi connectivity index (χ1n) is 3.69. The molecule has 2 rings (SSSR count). The molecule has 0 radical (unpaired) electrons. The first kappa shape index (κ1) is 6.92. The molecule has 0 spiro atoms. The van der Waals surface area contributed by atoms with Crippen LogP contribution >= 0.6 is 11.6 Å². The summed E-state index contributed by atoms with van der Waals surface area (Å²) in [6.07, 6.45) is 2.41. The van der Waals surface area contributed by atoms with E-state index < -0.39 is 0 Å². The van der Waals surface area contributed by atoms with Crippen molar-refractivity contribution in [2.45, 2.75) is 18.8 Å². The van der Waals surface area contributed by atoms with Gasteiger partial charge in [-0.25, -0.2) is 4.98 Å². The number of nitrogen functional groups attached to an aromatic ring is 1. The number of nitrogens with zero attached hydrogens (tertiary/aromatic N) is 1. The molecular weight excluding hydrogens is 160 g/mol. The molecule has 58 valence electrons. The van der Waals surface area contributed by atoms with E-state index in [4.69, 9.17) is 17.3 Å². The van der Waals surface area contributed by atoms with Gasteiger partial charge in [-0.2, -0.15) is 0 Å². The smallest absolute Gasteiger partial charge is 0.123 e. The van der Waals surface area contributed by atoms with Crippen LogP contribution in [0.1, 0.15) is 24.5 Å². The highest BCUT2D eigenvalue weighted by Gasteiger charge is 2.27. The second-order valence-electron chi connectivity index (χ2n) is 2.88. The molecule has 0 amide bonds. The Morgan fingerprint density at radius 2 is 2.18 bits per heavy atom. The number of rotatable bonds is 1. The van der Waals surface area contributed by atoms with Crippen molar-refractivity contribution >= 4 is 17.4 Å². The van der Waals surface area contributed by atoms with Gasteiger partial charge in [-0.15, -0.1) is 0 Å². The summed E-state index contributed by atoms with van der Waals surface area (Å²) in [6, 6.07) is 3.55. The third kappa shape index (κ3) is 1.31. The van der Waals surface area contributed by atoms with Gasteiger partial charge in [0.25, 0.3) is 0 Å². The van der Waals surface area contributed by atoms with E-state index in [9.17, 15) is 0 Å². The van der Waals surface area contributed by atoms with Crippen LogP contribution in [0.3, 0.4) is 0 Å². The lowest BCUT2D eigenvalue weighted by atomic mass is 10.2. The number of pyridine rings is 1. The first-order chi connectivity index (χ1) is 5.27. The van der Waals surface area contributed by atoms with Crippen LogP contribution in [-0.4, -0.2) is 4.98 Å². The molecule has 1 heterocycles. The molecule has 0 aromatic carbocycles. The minimum atomic E-state index is 0.566. The van der Waals surface area contributed by atoms with Gasteiger partial charge < -0.3 is 5.73 Å². The van der Waals surface area contributed by atoms with Gasteiger partial charge in [-0.3, -0.25) is 0 Å². The molecule has 1 aliphatic rings. The van der Waals surface area contributed by atoms with Crippen molar-refractivity contribution in [2.24, 2.45) is 0 Å². The van der Waals surface area contributed by atoms with Gasteiger partial charge in [-0.1, -0.05) is 11.6 Å². The third-order valence-electron chi connectivity index (χ3n) is 1.86. The summed E-state index contributed by atoms with van der Waals surface area (Å²) in [4.78, 5) is 4.18. The standard InChI is InChI=1S/C8H9ClN2/c9-6-3-4-7(10)11-8(6)5-1-2-5/h3-5H,1-2H2,(H2,10,11). The molecule has 0 bridgehead atoms. The number of anilines is 1. The number of aromatic nitrogens is 1. The van der Waals surface area contributed by atoms with Crippen molar-refractivity contribution < 1.29 is 0 Å². The van der Waals surface area contributed by atoms with Gasteiger partial charge >= 0.3 is 0 Å². The zero-order chi connectivity index (χ0) is 7.84. The fourth-order valence-electron chi connectivity index (χ4n) is 1.12. The van der Waals surface area contributed by atoms with E-state index in [-0.39, 0.29) is 0 Å². The molecule has 1 aliphatic carbocycles. The summed E-state index contributed by atoms with van der Waals surface area (Å²) >= 11 is 5.91. The minimum Gasteiger partial charge on any atom is -0.384 e. The lowest BCUT2D eigenvalue weighted by Crippen LogP contribution is -1.94. The van der Waals surface area contributed by atoms with Gasteiger partial charge in [0.15, 0.2) is 0 Å². The average Bonchev–Trinajstić information content (AvgIpc) is 2.76. The Balaban J connectivity index is 2.42. The van der Waals surface area contributed by atoms with Gasteiger partial charge in [0.05, 0.1) is 10.7 Å². The molecule has 2 nitrogen and oxygen atoms in total. The van der Waals surface area contributed by atoms with Crippen LogP contribution in [0, 0.1) is 0 Å². The van der Waals surface area contributed by atoms with Crippen molar-refractivity contribution in [3.05, 3.63) is 22.8 Å². The van der Waals surface area contributed by atoms with Crippen LogP contribution in [-0.2, 0) is 0 Å². The Morgan fingerprint density at radius 3 is 2.82 bits per heavy atom. The van der Waals surface area contributed by atoms with E-state index in [0.29, 0.717) is 11.7 Å². The maximum Gasteiger partial charge on any atom is 0.123 e. The van der Waals surface area contributed by atoms with Crippen molar-refractivity contribution in [2.75, 3.05) is 5.73 Å². The molecule has 1 saturated carbocycles. The van der Waals surface area contributed by atoms with Crippen LogP contribution in [0.2, 0.25) is 5.02 Å². The Labute approximate surface area is 70.4 Å². The number of halogens is 1. The molecular formula is C8H9ClN2. The minimum absolute atomic E-state index is 0.566. The topological polar surface area (TPSA) is 38.9 Å². The Morgan fingerprint density at radius 1 is 1.45 bits per heavy atom. The molecule has 0 atom stereocenters. The molecule has 1 aromatic heterocycles. The van der Waals surface area contributed by atoms with E-state index in [2.05, 4.69) is 4.98 Å². The fraction of sp³-hybridized carbons (Fsp3) is 0.375. The SMILES string of the molecule is Nc1ccc(Cl)c(C2CC2)n1. The zero-order valence-electron chi connectivity index (χ0n) is 6.05. The van der Waals surface area contributed by atoms with Crippen LogP contribution in [0.5, 0.6) is 0 Å².